The van der Waals surface area contributed by atoms with E-state index in [0.29, 0.717) is 9.13 Å². The molecule has 162 valence electrons. The zero-order valence-corrected chi connectivity index (χ0v) is 20.1. The van der Waals surface area contributed by atoms with Gasteiger partial charge in [-0.05, 0) is 57.7 Å². The van der Waals surface area contributed by atoms with E-state index in [4.69, 9.17) is 15.9 Å². The van der Waals surface area contributed by atoms with Crippen LogP contribution in [0.2, 0.25) is 0 Å². The molecule has 0 heterocycles. The highest BCUT2D eigenvalue weighted by Gasteiger charge is 2.30. The maximum absolute atomic E-state index is 12.8. The van der Waals surface area contributed by atoms with Crippen molar-refractivity contribution in [3.8, 4) is 0 Å². The molecule has 12 heteroatoms. The molecule has 3 amide bonds. The fraction of sp³-hybridized carbons (Fsp3) is 0.471. The average Bonchev–Trinajstić information content (AvgIpc) is 2.64. The van der Waals surface area contributed by atoms with Gasteiger partial charge in [0, 0.05) is 17.0 Å². The van der Waals surface area contributed by atoms with Crippen LogP contribution in [0.15, 0.2) is 0 Å². The summed E-state index contributed by atoms with van der Waals surface area (Å²) in [6, 6.07) is 0. The smallest absolute Gasteiger partial charge is 0.253 e. The van der Waals surface area contributed by atoms with Crippen molar-refractivity contribution < 1.29 is 34.8 Å². The van der Waals surface area contributed by atoms with Gasteiger partial charge in [-0.1, -0.05) is 0 Å². The molecule has 0 saturated heterocycles. The third-order valence-corrected chi connectivity index (χ3v) is 6.16. The van der Waals surface area contributed by atoms with Gasteiger partial charge in [-0.25, -0.2) is 0 Å². The molecule has 1 rings (SSSR count). The number of aliphatic hydroxyl groups excluding tert-OH is 4. The minimum absolute atomic E-state index is 0.0404. The highest BCUT2D eigenvalue weighted by Crippen LogP contribution is 2.36. The number of nitrogens with zero attached hydrogens (tertiary/aromatic N) is 1. The third-order valence-electron chi connectivity index (χ3n) is 4.03. The van der Waals surface area contributed by atoms with E-state index < -0.39 is 43.1 Å². The monoisotopic (exact) mass is 635 g/mol. The summed E-state index contributed by atoms with van der Waals surface area (Å²) < 4.78 is 0.591. The van der Waals surface area contributed by atoms with Crippen molar-refractivity contribution in [2.24, 2.45) is 5.73 Å². The number of rotatable bonds is 9. The Labute approximate surface area is 194 Å². The minimum Gasteiger partial charge on any atom is -0.394 e. The lowest BCUT2D eigenvalue weighted by Gasteiger charge is -2.29. The SMILES string of the molecule is CC(=O)N(CC(O)CO)c1c(C)c(C(N)=O)c(I)c(C(=O)NCC(O)CO)c1I. The van der Waals surface area contributed by atoms with E-state index in [-0.39, 0.29) is 33.5 Å². The Bertz CT molecular complexity index is 804. The fourth-order valence-electron chi connectivity index (χ4n) is 2.61. The molecule has 0 radical (unpaired) electrons. The topological polar surface area (TPSA) is 173 Å². The molecule has 0 aliphatic heterocycles. The van der Waals surface area contributed by atoms with Crippen molar-refractivity contribution in [1.82, 2.24) is 5.32 Å². The summed E-state index contributed by atoms with van der Waals surface area (Å²) in [7, 11) is 0. The van der Waals surface area contributed by atoms with Gasteiger partial charge in [0.25, 0.3) is 5.91 Å². The molecule has 0 aromatic heterocycles. The van der Waals surface area contributed by atoms with Crippen LogP contribution in [0.25, 0.3) is 0 Å². The molecule has 0 bridgehead atoms. The zero-order chi connectivity index (χ0) is 22.5. The summed E-state index contributed by atoms with van der Waals surface area (Å²) in [4.78, 5) is 38.3. The van der Waals surface area contributed by atoms with Crippen LogP contribution in [-0.2, 0) is 4.79 Å². The van der Waals surface area contributed by atoms with Gasteiger partial charge < -0.3 is 36.4 Å². The van der Waals surface area contributed by atoms with Gasteiger partial charge >= 0.3 is 0 Å². The number of nitrogens with one attached hydrogen (secondary N) is 1. The van der Waals surface area contributed by atoms with E-state index in [1.165, 1.54) is 11.8 Å². The first kappa shape index (κ1) is 26.0. The van der Waals surface area contributed by atoms with E-state index in [1.807, 2.05) is 45.2 Å². The molecule has 10 nitrogen and oxygen atoms in total. The van der Waals surface area contributed by atoms with Gasteiger partial charge in [-0.3, -0.25) is 14.4 Å². The third kappa shape index (κ3) is 6.21. The predicted molar refractivity (Wildman–Crippen MR) is 122 cm³/mol. The zero-order valence-electron chi connectivity index (χ0n) is 15.8. The van der Waals surface area contributed by atoms with Crippen LogP contribution in [0.4, 0.5) is 5.69 Å². The van der Waals surface area contributed by atoms with Crippen molar-refractivity contribution in [2.45, 2.75) is 26.1 Å². The normalized spacial score (nSPS) is 13.0. The summed E-state index contributed by atoms with van der Waals surface area (Å²) in [5.74, 6) is -1.92. The number of amides is 3. The van der Waals surface area contributed by atoms with E-state index >= 15 is 0 Å². The van der Waals surface area contributed by atoms with Crippen molar-refractivity contribution >= 4 is 68.6 Å². The van der Waals surface area contributed by atoms with Crippen LogP contribution in [0.3, 0.4) is 0 Å². The maximum atomic E-state index is 12.8. The lowest BCUT2D eigenvalue weighted by Crippen LogP contribution is -2.40. The molecule has 0 saturated carbocycles. The Morgan fingerprint density at radius 3 is 2.07 bits per heavy atom. The molecule has 0 spiro atoms. The molecule has 29 heavy (non-hydrogen) atoms. The van der Waals surface area contributed by atoms with Crippen molar-refractivity contribution in [3.63, 3.8) is 0 Å². The van der Waals surface area contributed by atoms with Crippen molar-refractivity contribution in [2.75, 3.05) is 31.2 Å². The highest BCUT2D eigenvalue weighted by molar-refractivity contribution is 14.1. The molecular formula is C17H23I2N3O7. The Morgan fingerprint density at radius 2 is 1.62 bits per heavy atom. The molecule has 7 N–H and O–H groups in total. The molecule has 0 fully saturated rings. The van der Waals surface area contributed by atoms with Crippen molar-refractivity contribution in [3.05, 3.63) is 23.8 Å². The second-order valence-corrected chi connectivity index (χ2v) is 8.39. The Kier molecular flexibility index (Phi) is 10.2. The molecule has 2 atom stereocenters. The number of primary amides is 1. The van der Waals surface area contributed by atoms with Gasteiger partial charge in [-0.15, -0.1) is 0 Å². The molecule has 1 aromatic rings. The number of hydrogen-bond donors (Lipinski definition) is 6. The first-order chi connectivity index (χ1) is 13.5. The molecule has 2 unspecified atom stereocenters. The summed E-state index contributed by atoms with van der Waals surface area (Å²) in [6.07, 6.45) is -2.40. The number of hydrogen-bond acceptors (Lipinski definition) is 7. The first-order valence-corrected chi connectivity index (χ1v) is 10.6. The van der Waals surface area contributed by atoms with Crippen LogP contribution in [-0.4, -0.2) is 76.7 Å². The van der Waals surface area contributed by atoms with Gasteiger partial charge in [-0.2, -0.15) is 0 Å². The second-order valence-electron chi connectivity index (χ2n) is 6.23. The Balaban J connectivity index is 3.68. The molecule has 1 aromatic carbocycles. The number of carbonyl (C=O) groups is 3. The van der Waals surface area contributed by atoms with Crippen LogP contribution in [0.5, 0.6) is 0 Å². The summed E-state index contributed by atoms with van der Waals surface area (Å²) in [5, 5.41) is 39.8. The Hall–Kier alpha value is -1.07. The van der Waals surface area contributed by atoms with Crippen LogP contribution < -0.4 is 16.0 Å². The van der Waals surface area contributed by atoms with Gasteiger partial charge in [0.15, 0.2) is 0 Å². The number of benzene rings is 1. The Morgan fingerprint density at radius 1 is 1.07 bits per heavy atom. The largest absolute Gasteiger partial charge is 0.394 e. The van der Waals surface area contributed by atoms with Crippen molar-refractivity contribution in [1.29, 1.82) is 0 Å². The number of aliphatic hydroxyl groups is 4. The minimum atomic E-state index is -1.23. The van der Waals surface area contributed by atoms with E-state index in [0.717, 1.165) is 0 Å². The average molecular weight is 635 g/mol. The van der Waals surface area contributed by atoms with Gasteiger partial charge in [0.05, 0.1) is 52.4 Å². The first-order valence-electron chi connectivity index (χ1n) is 8.43. The quantitative estimate of drug-likeness (QED) is 0.191. The van der Waals surface area contributed by atoms with Crippen LogP contribution >= 0.6 is 45.2 Å². The fourth-order valence-corrected chi connectivity index (χ4v) is 5.52. The van der Waals surface area contributed by atoms with E-state index in [2.05, 4.69) is 5.32 Å². The lowest BCUT2D eigenvalue weighted by atomic mass is 10.00. The number of anilines is 1. The standard InChI is InChI=1S/C17H23I2N3O7/c1-7-11(16(20)28)13(18)12(17(29)21-3-9(26)5-23)14(19)15(7)22(8(2)25)4-10(27)6-24/h9-10,23-24,26-27H,3-6H2,1-2H3,(H2,20,28)(H,21,29). The van der Waals surface area contributed by atoms with E-state index in [9.17, 15) is 24.6 Å². The lowest BCUT2D eigenvalue weighted by molar-refractivity contribution is -0.117. The molecule has 0 aliphatic rings. The van der Waals surface area contributed by atoms with Crippen LogP contribution in [0, 0.1) is 14.1 Å². The summed E-state index contributed by atoms with van der Waals surface area (Å²) in [5.41, 5.74) is 6.17. The molecular weight excluding hydrogens is 612 g/mol. The highest BCUT2D eigenvalue weighted by atomic mass is 127. The van der Waals surface area contributed by atoms with Crippen LogP contribution in [0.1, 0.15) is 33.2 Å². The number of carbonyl (C=O) groups excluding carboxylic acids is 3. The number of nitrogens with two attached hydrogens (primary N) is 1. The number of halogens is 2. The second kappa shape index (κ2) is 11.4. The maximum Gasteiger partial charge on any atom is 0.253 e. The van der Waals surface area contributed by atoms with Gasteiger partial charge in [0.2, 0.25) is 11.8 Å². The van der Waals surface area contributed by atoms with E-state index in [1.54, 1.807) is 6.92 Å². The summed E-state index contributed by atoms with van der Waals surface area (Å²) in [6.45, 7) is 1.20. The molecule has 0 aliphatic carbocycles. The summed E-state index contributed by atoms with van der Waals surface area (Å²) >= 11 is 3.66. The van der Waals surface area contributed by atoms with Gasteiger partial charge in [0.1, 0.15) is 0 Å². The predicted octanol–water partition coefficient (Wildman–Crippen LogP) is -0.908.